The van der Waals surface area contributed by atoms with E-state index in [1.165, 1.54) is 0 Å². The molecule has 3 aromatic rings. The van der Waals surface area contributed by atoms with Gasteiger partial charge in [0, 0.05) is 6.42 Å². The lowest BCUT2D eigenvalue weighted by Gasteiger charge is -2.35. The summed E-state index contributed by atoms with van der Waals surface area (Å²) in [5, 5.41) is 3.22. The second kappa shape index (κ2) is 12.9. The van der Waals surface area contributed by atoms with E-state index in [4.69, 9.17) is 4.52 Å². The molecule has 6 nitrogen and oxygen atoms in total. The fourth-order valence-electron chi connectivity index (χ4n) is 5.67. The summed E-state index contributed by atoms with van der Waals surface area (Å²) in [6.07, 6.45) is 5.52. The van der Waals surface area contributed by atoms with E-state index >= 15 is 0 Å². The molecule has 2 unspecified atom stereocenters. The van der Waals surface area contributed by atoms with E-state index in [0.717, 1.165) is 47.9 Å². The van der Waals surface area contributed by atoms with Crippen LogP contribution in [0.4, 0.5) is 0 Å². The van der Waals surface area contributed by atoms with Crippen LogP contribution in [-0.2, 0) is 33.1 Å². The number of phosphoric acid groups is 1. The number of phosphoric ester groups is 1. The summed E-state index contributed by atoms with van der Waals surface area (Å²) in [6.45, 7) is 2.17. The third-order valence-corrected chi connectivity index (χ3v) is 8.05. The normalized spacial score (nSPS) is 17.2. The van der Waals surface area contributed by atoms with Crippen molar-refractivity contribution in [2.45, 2.75) is 70.4 Å². The Kier molecular flexibility index (Phi) is 9.56. The minimum Gasteiger partial charge on any atom is -0.346 e. The maximum Gasteiger partial charge on any atom is 0.469 e. The molecule has 1 aliphatic carbocycles. The third-order valence-electron chi connectivity index (χ3n) is 7.50. The van der Waals surface area contributed by atoms with Gasteiger partial charge in [0.15, 0.2) is 0 Å². The summed E-state index contributed by atoms with van der Waals surface area (Å²) in [6, 6.07) is 27.1. The minimum absolute atomic E-state index is 0.109. The van der Waals surface area contributed by atoms with Crippen molar-refractivity contribution in [1.29, 1.82) is 0 Å². The minimum atomic E-state index is -4.75. The fraction of sp³-hybridized carbons (Fsp3) is 0.387. The van der Waals surface area contributed by atoms with Gasteiger partial charge in [-0.25, -0.2) is 4.57 Å². The molecule has 0 heterocycles. The Labute approximate surface area is 225 Å². The van der Waals surface area contributed by atoms with E-state index in [0.29, 0.717) is 25.7 Å². The first-order valence-electron chi connectivity index (χ1n) is 13.5. The van der Waals surface area contributed by atoms with Gasteiger partial charge < -0.3 is 15.1 Å². The SMILES string of the molecule is CCCCCCC(Cc1ccccc1)(Cc1ccccc1)C(=O)NC1c2ccccc2CC1OP(=O)(O)O. The Bertz CT molecular complexity index is 1190. The molecule has 2 atom stereocenters. The van der Waals surface area contributed by atoms with Gasteiger partial charge in [-0.2, -0.15) is 0 Å². The van der Waals surface area contributed by atoms with Crippen molar-refractivity contribution in [3.05, 3.63) is 107 Å². The Morgan fingerprint density at radius 3 is 2.05 bits per heavy atom. The zero-order chi connectivity index (χ0) is 27.0. The monoisotopic (exact) mass is 535 g/mol. The number of carbonyl (C=O) groups is 1. The number of fused-ring (bicyclic) bond motifs is 1. The van der Waals surface area contributed by atoms with Crippen LogP contribution in [0.3, 0.4) is 0 Å². The first-order chi connectivity index (χ1) is 18.3. The number of amides is 1. The zero-order valence-electron chi connectivity index (χ0n) is 22.0. The maximum absolute atomic E-state index is 14.5. The second-order valence-electron chi connectivity index (χ2n) is 10.4. The van der Waals surface area contributed by atoms with Crippen LogP contribution in [0.5, 0.6) is 0 Å². The van der Waals surface area contributed by atoms with E-state index in [1.54, 1.807) is 0 Å². The Morgan fingerprint density at radius 1 is 0.895 bits per heavy atom. The van der Waals surface area contributed by atoms with Crippen molar-refractivity contribution < 1.29 is 23.7 Å². The molecule has 3 aromatic carbocycles. The van der Waals surface area contributed by atoms with Crippen molar-refractivity contribution in [1.82, 2.24) is 5.32 Å². The lowest BCUT2D eigenvalue weighted by atomic mass is 9.71. The van der Waals surface area contributed by atoms with Crippen molar-refractivity contribution in [2.24, 2.45) is 5.41 Å². The quantitative estimate of drug-likeness (QED) is 0.176. The summed E-state index contributed by atoms with van der Waals surface area (Å²) in [5.41, 5.74) is 3.21. The van der Waals surface area contributed by atoms with Gasteiger partial charge in [0.2, 0.25) is 5.91 Å². The van der Waals surface area contributed by atoms with Crippen LogP contribution in [-0.4, -0.2) is 21.8 Å². The topological polar surface area (TPSA) is 95.9 Å². The van der Waals surface area contributed by atoms with Crippen LogP contribution >= 0.6 is 7.82 Å². The summed E-state index contributed by atoms with van der Waals surface area (Å²) in [7, 11) is -4.75. The lowest BCUT2D eigenvalue weighted by molar-refractivity contribution is -0.133. The average molecular weight is 536 g/mol. The van der Waals surface area contributed by atoms with Gasteiger partial charge in [-0.1, -0.05) is 118 Å². The Morgan fingerprint density at radius 2 is 1.47 bits per heavy atom. The molecule has 0 fully saturated rings. The molecule has 0 bridgehead atoms. The summed E-state index contributed by atoms with van der Waals surface area (Å²) >= 11 is 0. The molecular formula is C31H38NO5P. The van der Waals surface area contributed by atoms with Crippen LogP contribution < -0.4 is 5.32 Å². The van der Waals surface area contributed by atoms with Crippen molar-refractivity contribution >= 4 is 13.7 Å². The van der Waals surface area contributed by atoms with Gasteiger partial charge in [0.1, 0.15) is 0 Å². The maximum atomic E-state index is 14.5. The van der Waals surface area contributed by atoms with Gasteiger partial charge in [-0.15, -0.1) is 0 Å². The van der Waals surface area contributed by atoms with E-state index in [2.05, 4.69) is 36.5 Å². The first kappa shape index (κ1) is 28.3. The Hall–Kier alpha value is -2.76. The van der Waals surface area contributed by atoms with Crippen LogP contribution in [0.2, 0.25) is 0 Å². The molecule has 202 valence electrons. The van der Waals surface area contributed by atoms with E-state index < -0.39 is 25.4 Å². The molecular weight excluding hydrogens is 497 g/mol. The largest absolute Gasteiger partial charge is 0.469 e. The first-order valence-corrected chi connectivity index (χ1v) is 15.0. The van der Waals surface area contributed by atoms with Gasteiger partial charge in [-0.3, -0.25) is 9.32 Å². The smallest absolute Gasteiger partial charge is 0.346 e. The summed E-state index contributed by atoms with van der Waals surface area (Å²) < 4.78 is 17.0. The molecule has 4 rings (SSSR count). The van der Waals surface area contributed by atoms with Crippen LogP contribution in [0, 0.1) is 5.41 Å². The predicted molar refractivity (Wildman–Crippen MR) is 149 cm³/mol. The number of unbranched alkanes of at least 4 members (excludes halogenated alkanes) is 3. The average Bonchev–Trinajstić information content (AvgIpc) is 3.23. The van der Waals surface area contributed by atoms with Crippen LogP contribution in [0.25, 0.3) is 0 Å². The van der Waals surface area contributed by atoms with Crippen molar-refractivity contribution in [3.63, 3.8) is 0 Å². The molecule has 1 aliphatic rings. The summed E-state index contributed by atoms with van der Waals surface area (Å²) in [4.78, 5) is 33.7. The lowest BCUT2D eigenvalue weighted by Crippen LogP contribution is -2.47. The zero-order valence-corrected chi connectivity index (χ0v) is 22.9. The van der Waals surface area contributed by atoms with Crippen LogP contribution in [0.1, 0.15) is 67.3 Å². The highest BCUT2D eigenvalue weighted by Gasteiger charge is 2.43. The van der Waals surface area contributed by atoms with Gasteiger partial charge in [0.05, 0.1) is 17.6 Å². The molecule has 0 saturated carbocycles. The van der Waals surface area contributed by atoms with E-state index in [1.807, 2.05) is 60.7 Å². The standard InChI is InChI=1S/C31H38NO5P/c1-2-3-4-13-20-31(22-24-14-7-5-8-15-24,23-25-16-9-6-10-17-25)30(33)32-29-27-19-12-11-18-26(27)21-28(29)37-38(34,35)36/h5-12,14-19,28-29H,2-4,13,20-23H2,1H3,(H,32,33)(H2,34,35,36). The highest BCUT2D eigenvalue weighted by atomic mass is 31.2. The van der Waals surface area contributed by atoms with Gasteiger partial charge in [0.25, 0.3) is 0 Å². The number of carbonyl (C=O) groups excluding carboxylic acids is 1. The van der Waals surface area contributed by atoms with Crippen molar-refractivity contribution in [2.75, 3.05) is 0 Å². The molecule has 7 heteroatoms. The molecule has 38 heavy (non-hydrogen) atoms. The summed E-state index contributed by atoms with van der Waals surface area (Å²) in [5.74, 6) is -0.109. The molecule has 0 aliphatic heterocycles. The molecule has 0 spiro atoms. The molecule has 0 radical (unpaired) electrons. The fourth-order valence-corrected chi connectivity index (χ4v) is 6.22. The van der Waals surface area contributed by atoms with Crippen LogP contribution in [0.15, 0.2) is 84.9 Å². The number of benzene rings is 3. The highest BCUT2D eigenvalue weighted by molar-refractivity contribution is 7.46. The number of hydrogen-bond acceptors (Lipinski definition) is 3. The number of hydrogen-bond donors (Lipinski definition) is 3. The van der Waals surface area contributed by atoms with E-state index in [-0.39, 0.29) is 5.91 Å². The number of nitrogens with one attached hydrogen (secondary N) is 1. The second-order valence-corrected chi connectivity index (χ2v) is 11.6. The van der Waals surface area contributed by atoms with Gasteiger partial charge >= 0.3 is 7.82 Å². The molecule has 1 amide bonds. The van der Waals surface area contributed by atoms with Gasteiger partial charge in [-0.05, 0) is 41.5 Å². The van der Waals surface area contributed by atoms with Crippen molar-refractivity contribution in [3.8, 4) is 0 Å². The molecule has 3 N–H and O–H groups in total. The Balaban J connectivity index is 1.70. The third kappa shape index (κ3) is 7.42. The number of rotatable bonds is 13. The predicted octanol–water partition coefficient (Wildman–Crippen LogP) is 6.32. The molecule has 0 aromatic heterocycles. The highest BCUT2D eigenvalue weighted by Crippen LogP contribution is 2.45. The molecule has 0 saturated heterocycles. The van der Waals surface area contributed by atoms with E-state index in [9.17, 15) is 19.1 Å².